The summed E-state index contributed by atoms with van der Waals surface area (Å²) in [5.41, 5.74) is 0.665. The molecule has 1 aromatic heterocycles. The summed E-state index contributed by atoms with van der Waals surface area (Å²) in [4.78, 5) is 12.0. The first-order valence-corrected chi connectivity index (χ1v) is 7.86. The van der Waals surface area contributed by atoms with Crippen LogP contribution in [0.25, 0.3) is 0 Å². The number of carbonyl (C=O) groups excluding carboxylic acids is 1. The van der Waals surface area contributed by atoms with Crippen LogP contribution in [0.15, 0.2) is 33.6 Å². The van der Waals surface area contributed by atoms with Crippen LogP contribution >= 0.6 is 0 Å². The van der Waals surface area contributed by atoms with Gasteiger partial charge in [0.25, 0.3) is 5.91 Å². The van der Waals surface area contributed by atoms with E-state index in [1.54, 1.807) is 19.9 Å². The molecule has 118 valence electrons. The summed E-state index contributed by atoms with van der Waals surface area (Å²) in [5, 5.41) is 7.74. The molecular formula is C14H16N2O5S. The Morgan fingerprint density at radius 3 is 2.45 bits per heavy atom. The van der Waals surface area contributed by atoms with Crippen LogP contribution in [-0.2, 0) is 10.0 Å². The van der Waals surface area contributed by atoms with E-state index < -0.39 is 15.9 Å². The third-order valence-corrected chi connectivity index (χ3v) is 3.95. The van der Waals surface area contributed by atoms with Crippen LogP contribution in [0.4, 0.5) is 5.69 Å². The van der Waals surface area contributed by atoms with Crippen molar-refractivity contribution in [3.05, 3.63) is 41.3 Å². The maximum atomic E-state index is 12.2. The van der Waals surface area contributed by atoms with E-state index in [0.29, 0.717) is 17.1 Å². The van der Waals surface area contributed by atoms with Gasteiger partial charge in [-0.05, 0) is 38.1 Å². The Morgan fingerprint density at radius 1 is 1.27 bits per heavy atom. The molecule has 1 aromatic carbocycles. The topological polar surface area (TPSA) is 112 Å². The zero-order valence-electron chi connectivity index (χ0n) is 12.3. The van der Waals surface area contributed by atoms with E-state index >= 15 is 0 Å². The van der Waals surface area contributed by atoms with Gasteiger partial charge in [-0.2, -0.15) is 0 Å². The van der Waals surface area contributed by atoms with E-state index in [-0.39, 0.29) is 16.3 Å². The second-order valence-corrected chi connectivity index (χ2v) is 6.22. The van der Waals surface area contributed by atoms with Crippen molar-refractivity contribution < 1.29 is 22.4 Å². The average molecular weight is 324 g/mol. The van der Waals surface area contributed by atoms with Crippen molar-refractivity contribution in [1.82, 2.24) is 0 Å². The Hall–Kier alpha value is -2.32. The predicted octanol–water partition coefficient (Wildman–Crippen LogP) is 1.80. The molecule has 7 nitrogen and oxygen atoms in total. The summed E-state index contributed by atoms with van der Waals surface area (Å²) in [7, 11) is -2.63. The lowest BCUT2D eigenvalue weighted by molar-refractivity contribution is 0.102. The maximum absolute atomic E-state index is 12.2. The molecule has 8 heteroatoms. The van der Waals surface area contributed by atoms with Crippen LogP contribution < -0.4 is 15.2 Å². The number of amides is 1. The number of anilines is 1. The van der Waals surface area contributed by atoms with Crippen LogP contribution in [0, 0.1) is 13.8 Å². The Labute approximate surface area is 128 Å². The molecule has 0 aliphatic rings. The third-order valence-electron chi connectivity index (χ3n) is 3.01. The standard InChI is InChI=1S/C14H16N2O5S/c1-8-6-11(9(2)21-8)14(17)16-10-4-5-12(20-3)13(7-10)22(15,18)19/h4-7H,1-3H3,(H,16,17)(H2,15,18,19). The summed E-state index contributed by atoms with van der Waals surface area (Å²) in [5.74, 6) is 0.800. The van der Waals surface area contributed by atoms with E-state index in [1.807, 2.05) is 0 Å². The van der Waals surface area contributed by atoms with Gasteiger partial charge in [0.2, 0.25) is 10.0 Å². The lowest BCUT2D eigenvalue weighted by atomic mass is 10.2. The number of nitrogens with one attached hydrogen (secondary N) is 1. The predicted molar refractivity (Wildman–Crippen MR) is 80.5 cm³/mol. The number of nitrogens with two attached hydrogens (primary N) is 1. The minimum Gasteiger partial charge on any atom is -0.495 e. The van der Waals surface area contributed by atoms with Gasteiger partial charge in [-0.1, -0.05) is 0 Å². The van der Waals surface area contributed by atoms with Gasteiger partial charge in [-0.15, -0.1) is 0 Å². The molecule has 3 N–H and O–H groups in total. The van der Waals surface area contributed by atoms with E-state index in [1.165, 1.54) is 25.3 Å². The SMILES string of the molecule is COc1ccc(NC(=O)c2cc(C)oc2C)cc1S(N)(=O)=O. The van der Waals surface area contributed by atoms with Gasteiger partial charge in [0.15, 0.2) is 0 Å². The summed E-state index contributed by atoms with van der Waals surface area (Å²) in [6.45, 7) is 3.40. The van der Waals surface area contributed by atoms with Crippen LogP contribution in [0.2, 0.25) is 0 Å². The lowest BCUT2D eigenvalue weighted by Crippen LogP contribution is -2.16. The van der Waals surface area contributed by atoms with E-state index in [4.69, 9.17) is 14.3 Å². The molecule has 22 heavy (non-hydrogen) atoms. The first kappa shape index (κ1) is 16.1. The average Bonchev–Trinajstić information content (AvgIpc) is 2.76. The minimum atomic E-state index is -3.97. The Kier molecular flexibility index (Phi) is 4.25. The van der Waals surface area contributed by atoms with Gasteiger partial charge < -0.3 is 14.5 Å². The fourth-order valence-corrected chi connectivity index (χ4v) is 2.75. The second kappa shape index (κ2) is 5.82. The number of aryl methyl sites for hydroxylation is 2. The minimum absolute atomic E-state index is 0.107. The molecule has 1 amide bonds. The summed E-state index contributed by atoms with van der Waals surface area (Å²) in [6, 6.07) is 5.79. The highest BCUT2D eigenvalue weighted by atomic mass is 32.2. The van der Waals surface area contributed by atoms with Crippen LogP contribution in [0.3, 0.4) is 0 Å². The van der Waals surface area contributed by atoms with Crippen LogP contribution in [0.1, 0.15) is 21.9 Å². The highest BCUT2D eigenvalue weighted by Gasteiger charge is 2.18. The number of primary sulfonamides is 1. The molecule has 0 aliphatic heterocycles. The maximum Gasteiger partial charge on any atom is 0.259 e. The fraction of sp³-hybridized carbons (Fsp3) is 0.214. The Bertz CT molecular complexity index is 824. The van der Waals surface area contributed by atoms with Crippen molar-refractivity contribution in [3.63, 3.8) is 0 Å². The summed E-state index contributed by atoms with van der Waals surface area (Å²) in [6.07, 6.45) is 0. The largest absolute Gasteiger partial charge is 0.495 e. The fourth-order valence-electron chi connectivity index (χ4n) is 2.03. The molecule has 2 rings (SSSR count). The van der Waals surface area contributed by atoms with E-state index in [2.05, 4.69) is 5.32 Å². The van der Waals surface area contributed by atoms with Crippen molar-refractivity contribution in [2.45, 2.75) is 18.7 Å². The highest BCUT2D eigenvalue weighted by Crippen LogP contribution is 2.26. The molecular weight excluding hydrogens is 308 g/mol. The van der Waals surface area contributed by atoms with Crippen molar-refractivity contribution >= 4 is 21.6 Å². The van der Waals surface area contributed by atoms with Crippen molar-refractivity contribution in [2.24, 2.45) is 5.14 Å². The molecule has 0 aliphatic carbocycles. The zero-order valence-corrected chi connectivity index (χ0v) is 13.2. The van der Waals surface area contributed by atoms with Gasteiger partial charge >= 0.3 is 0 Å². The number of rotatable bonds is 4. The van der Waals surface area contributed by atoms with Gasteiger partial charge in [-0.25, -0.2) is 13.6 Å². The molecule has 0 spiro atoms. The number of methoxy groups -OCH3 is 1. The summed E-state index contributed by atoms with van der Waals surface area (Å²) >= 11 is 0. The van der Waals surface area contributed by atoms with Crippen LogP contribution in [-0.4, -0.2) is 21.4 Å². The molecule has 2 aromatic rings. The molecule has 0 unspecified atom stereocenters. The lowest BCUT2D eigenvalue weighted by Gasteiger charge is -2.10. The van der Waals surface area contributed by atoms with Crippen molar-refractivity contribution in [2.75, 3.05) is 12.4 Å². The van der Waals surface area contributed by atoms with E-state index in [0.717, 1.165) is 0 Å². The highest BCUT2D eigenvalue weighted by molar-refractivity contribution is 7.89. The Morgan fingerprint density at radius 2 is 1.95 bits per heavy atom. The Balaban J connectivity index is 2.35. The molecule has 1 heterocycles. The molecule has 0 radical (unpaired) electrons. The number of ether oxygens (including phenoxy) is 1. The van der Waals surface area contributed by atoms with Crippen molar-refractivity contribution in [3.8, 4) is 5.75 Å². The first-order valence-electron chi connectivity index (χ1n) is 6.31. The smallest absolute Gasteiger partial charge is 0.259 e. The third kappa shape index (κ3) is 3.29. The number of furan rings is 1. The van der Waals surface area contributed by atoms with Gasteiger partial charge in [-0.3, -0.25) is 4.79 Å². The van der Waals surface area contributed by atoms with Crippen LogP contribution in [0.5, 0.6) is 5.75 Å². The quantitative estimate of drug-likeness (QED) is 0.890. The number of hydrogen-bond acceptors (Lipinski definition) is 5. The molecule has 0 atom stereocenters. The number of sulfonamides is 1. The molecule has 0 saturated carbocycles. The normalized spacial score (nSPS) is 11.3. The van der Waals surface area contributed by atoms with Gasteiger partial charge in [0.05, 0.1) is 12.7 Å². The van der Waals surface area contributed by atoms with E-state index in [9.17, 15) is 13.2 Å². The molecule has 0 bridgehead atoms. The summed E-state index contributed by atoms with van der Waals surface area (Å²) < 4.78 is 33.3. The number of benzene rings is 1. The van der Waals surface area contributed by atoms with Crippen molar-refractivity contribution in [1.29, 1.82) is 0 Å². The number of hydrogen-bond donors (Lipinski definition) is 2. The molecule has 0 fully saturated rings. The first-order chi connectivity index (χ1) is 10.2. The molecule has 0 saturated heterocycles. The van der Waals surface area contributed by atoms with Gasteiger partial charge in [0, 0.05) is 5.69 Å². The van der Waals surface area contributed by atoms with Gasteiger partial charge in [0.1, 0.15) is 22.2 Å². The zero-order chi connectivity index (χ0) is 16.5. The second-order valence-electron chi connectivity index (χ2n) is 4.69. The monoisotopic (exact) mass is 324 g/mol. The number of carbonyl (C=O) groups is 1.